The van der Waals surface area contributed by atoms with E-state index in [1.807, 2.05) is 0 Å². The van der Waals surface area contributed by atoms with Crippen LogP contribution in [0.5, 0.6) is 0 Å². The molecule has 1 fully saturated rings. The number of carboxylic acid groups (broad SMARTS) is 1. The third kappa shape index (κ3) is 5.37. The summed E-state index contributed by atoms with van der Waals surface area (Å²) in [6.07, 6.45) is 1.82. The van der Waals surface area contributed by atoms with Gasteiger partial charge in [0.1, 0.15) is 0 Å². The predicted octanol–water partition coefficient (Wildman–Crippen LogP) is 0.347. The third-order valence-corrected chi connectivity index (χ3v) is 3.25. The normalized spacial score (nSPS) is 20.4. The summed E-state index contributed by atoms with van der Waals surface area (Å²) in [7, 11) is 0. The number of nitrogens with one attached hydrogen (secondary N) is 1. The van der Waals surface area contributed by atoms with Crippen molar-refractivity contribution < 1.29 is 19.4 Å². The Morgan fingerprint density at radius 1 is 1.50 bits per heavy atom. The van der Waals surface area contributed by atoms with Crippen LogP contribution in [0.2, 0.25) is 0 Å². The molecule has 1 atom stereocenters. The summed E-state index contributed by atoms with van der Waals surface area (Å²) in [6, 6.07) is 0. The number of hydrogen-bond donors (Lipinski definition) is 2. The van der Waals surface area contributed by atoms with Crippen molar-refractivity contribution in [1.29, 1.82) is 0 Å². The van der Waals surface area contributed by atoms with E-state index in [0.29, 0.717) is 18.9 Å². The first-order chi connectivity index (χ1) is 7.70. The van der Waals surface area contributed by atoms with Crippen LogP contribution in [0.3, 0.4) is 0 Å². The highest BCUT2D eigenvalue weighted by Crippen LogP contribution is 2.13. The van der Waals surface area contributed by atoms with Crippen LogP contribution in [-0.4, -0.2) is 48.2 Å². The first kappa shape index (κ1) is 13.3. The Morgan fingerprint density at radius 3 is 2.94 bits per heavy atom. The maximum atomic E-state index is 11.6. The predicted molar refractivity (Wildman–Crippen MR) is 61.5 cm³/mol. The number of thioether (sulfide) groups is 1. The summed E-state index contributed by atoms with van der Waals surface area (Å²) in [5.74, 6) is -0.112. The third-order valence-electron chi connectivity index (χ3n) is 2.30. The van der Waals surface area contributed by atoms with Gasteiger partial charge in [-0.3, -0.25) is 9.59 Å². The number of carbonyl (C=O) groups excluding carboxylic acids is 1. The fourth-order valence-electron chi connectivity index (χ4n) is 1.50. The Bertz CT molecular complexity index is 241. The van der Waals surface area contributed by atoms with E-state index in [1.54, 1.807) is 0 Å². The summed E-state index contributed by atoms with van der Waals surface area (Å²) in [6.45, 7) is 1.78. The van der Waals surface area contributed by atoms with Crippen LogP contribution in [0.15, 0.2) is 0 Å². The molecule has 1 saturated heterocycles. The number of carboxylic acids is 1. The zero-order valence-electron chi connectivity index (χ0n) is 9.11. The molecule has 0 bridgehead atoms. The highest BCUT2D eigenvalue weighted by molar-refractivity contribution is 7.99. The van der Waals surface area contributed by atoms with E-state index in [-0.39, 0.29) is 17.6 Å². The molecule has 16 heavy (non-hydrogen) atoms. The molecule has 2 N–H and O–H groups in total. The van der Waals surface area contributed by atoms with Crippen LogP contribution in [0.4, 0.5) is 0 Å². The lowest BCUT2D eigenvalue weighted by atomic mass is 10.0. The van der Waals surface area contributed by atoms with E-state index in [4.69, 9.17) is 9.84 Å². The first-order valence-corrected chi connectivity index (χ1v) is 6.50. The summed E-state index contributed by atoms with van der Waals surface area (Å²) in [4.78, 5) is 21.8. The number of hydrogen-bond acceptors (Lipinski definition) is 4. The summed E-state index contributed by atoms with van der Waals surface area (Å²) in [5, 5.41) is 11.2. The molecule has 1 unspecified atom stereocenters. The van der Waals surface area contributed by atoms with Crippen molar-refractivity contribution in [3.63, 3.8) is 0 Å². The van der Waals surface area contributed by atoms with E-state index in [2.05, 4.69) is 5.32 Å². The molecule has 0 spiro atoms. The summed E-state index contributed by atoms with van der Waals surface area (Å²) < 4.78 is 5.22. The maximum Gasteiger partial charge on any atom is 0.313 e. The van der Waals surface area contributed by atoms with Gasteiger partial charge < -0.3 is 15.2 Å². The lowest BCUT2D eigenvalue weighted by Gasteiger charge is -2.21. The molecule has 1 aliphatic heterocycles. The molecule has 92 valence electrons. The maximum absolute atomic E-state index is 11.6. The van der Waals surface area contributed by atoms with Gasteiger partial charge in [-0.25, -0.2) is 0 Å². The zero-order valence-corrected chi connectivity index (χ0v) is 9.92. The van der Waals surface area contributed by atoms with Gasteiger partial charge in [0.25, 0.3) is 0 Å². The van der Waals surface area contributed by atoms with Crippen LogP contribution in [0.25, 0.3) is 0 Å². The number of aliphatic carboxylic acids is 1. The Labute approximate surface area is 98.9 Å². The van der Waals surface area contributed by atoms with Crippen molar-refractivity contribution in [2.45, 2.75) is 12.8 Å². The molecular formula is C10H17NO4S. The standard InChI is InChI=1S/C10H17NO4S/c12-9(13)7-16-5-3-11-10(14)8-2-1-4-15-6-8/h8H,1-7H2,(H,11,14)(H,12,13). The summed E-state index contributed by atoms with van der Waals surface area (Å²) >= 11 is 1.30. The van der Waals surface area contributed by atoms with Gasteiger partial charge in [-0.15, -0.1) is 11.8 Å². The van der Waals surface area contributed by atoms with Crippen LogP contribution >= 0.6 is 11.8 Å². The lowest BCUT2D eigenvalue weighted by Crippen LogP contribution is -2.36. The second kappa shape index (κ2) is 7.51. The van der Waals surface area contributed by atoms with Crippen LogP contribution < -0.4 is 5.32 Å². The molecule has 1 aliphatic rings. The second-order valence-corrected chi connectivity index (χ2v) is 4.76. The molecule has 5 nitrogen and oxygen atoms in total. The minimum atomic E-state index is -0.822. The Morgan fingerprint density at radius 2 is 2.31 bits per heavy atom. The van der Waals surface area contributed by atoms with E-state index in [0.717, 1.165) is 19.4 Å². The van der Waals surface area contributed by atoms with Crippen LogP contribution in [0, 0.1) is 5.92 Å². The fourth-order valence-corrected chi connectivity index (χ4v) is 2.06. The molecule has 0 aliphatic carbocycles. The van der Waals surface area contributed by atoms with Gasteiger partial charge in [0.2, 0.25) is 5.91 Å². The average Bonchev–Trinajstić information content (AvgIpc) is 2.29. The smallest absolute Gasteiger partial charge is 0.313 e. The lowest BCUT2D eigenvalue weighted by molar-refractivity contribution is -0.134. The van der Waals surface area contributed by atoms with Gasteiger partial charge in [0, 0.05) is 18.9 Å². The number of ether oxygens (including phenoxy) is 1. The van der Waals surface area contributed by atoms with Gasteiger partial charge in [0.05, 0.1) is 18.3 Å². The monoisotopic (exact) mass is 247 g/mol. The quantitative estimate of drug-likeness (QED) is 0.662. The first-order valence-electron chi connectivity index (χ1n) is 5.35. The van der Waals surface area contributed by atoms with E-state index in [1.165, 1.54) is 11.8 Å². The van der Waals surface area contributed by atoms with E-state index < -0.39 is 5.97 Å². The molecule has 0 aromatic heterocycles. The highest BCUT2D eigenvalue weighted by Gasteiger charge is 2.20. The van der Waals surface area contributed by atoms with E-state index in [9.17, 15) is 9.59 Å². The molecule has 6 heteroatoms. The van der Waals surface area contributed by atoms with E-state index >= 15 is 0 Å². The van der Waals surface area contributed by atoms with Gasteiger partial charge in [-0.1, -0.05) is 0 Å². The average molecular weight is 247 g/mol. The van der Waals surface area contributed by atoms with Gasteiger partial charge in [0.15, 0.2) is 0 Å². The fraction of sp³-hybridized carbons (Fsp3) is 0.800. The second-order valence-electron chi connectivity index (χ2n) is 3.65. The molecule has 1 rings (SSSR count). The van der Waals surface area contributed by atoms with Crippen molar-refractivity contribution in [3.8, 4) is 0 Å². The molecule has 0 aromatic rings. The van der Waals surface area contributed by atoms with Crippen molar-refractivity contribution in [1.82, 2.24) is 5.32 Å². The minimum absolute atomic E-state index is 0.0237. The molecule has 0 saturated carbocycles. The Kier molecular flexibility index (Phi) is 6.25. The van der Waals surface area contributed by atoms with Crippen LogP contribution in [-0.2, 0) is 14.3 Å². The minimum Gasteiger partial charge on any atom is -0.481 e. The molecule has 0 aromatic carbocycles. The topological polar surface area (TPSA) is 75.6 Å². The Balaban J connectivity index is 2.03. The van der Waals surface area contributed by atoms with Gasteiger partial charge in [-0.05, 0) is 12.8 Å². The number of carbonyl (C=O) groups is 2. The largest absolute Gasteiger partial charge is 0.481 e. The van der Waals surface area contributed by atoms with Crippen LogP contribution in [0.1, 0.15) is 12.8 Å². The van der Waals surface area contributed by atoms with Gasteiger partial charge in [-0.2, -0.15) is 0 Å². The molecule has 0 radical (unpaired) electrons. The zero-order chi connectivity index (χ0) is 11.8. The van der Waals surface area contributed by atoms with Crippen molar-refractivity contribution in [3.05, 3.63) is 0 Å². The van der Waals surface area contributed by atoms with Crippen molar-refractivity contribution >= 4 is 23.6 Å². The highest BCUT2D eigenvalue weighted by atomic mass is 32.2. The Hall–Kier alpha value is -0.750. The van der Waals surface area contributed by atoms with Crippen molar-refractivity contribution in [2.75, 3.05) is 31.3 Å². The molecular weight excluding hydrogens is 230 g/mol. The van der Waals surface area contributed by atoms with Crippen molar-refractivity contribution in [2.24, 2.45) is 5.92 Å². The molecule has 1 amide bonds. The molecule has 1 heterocycles. The number of rotatable bonds is 6. The van der Waals surface area contributed by atoms with Gasteiger partial charge >= 0.3 is 5.97 Å². The summed E-state index contributed by atoms with van der Waals surface area (Å²) in [5.41, 5.74) is 0. The number of amides is 1. The SMILES string of the molecule is O=C(O)CSCCNC(=O)C1CCCOC1.